The molecular formula is C15H25N3O2. The number of ether oxygens (including phenoxy) is 1. The van der Waals surface area contributed by atoms with E-state index in [-0.39, 0.29) is 5.97 Å². The summed E-state index contributed by atoms with van der Waals surface area (Å²) in [6.07, 6.45) is 3.26. The van der Waals surface area contributed by atoms with Crippen LogP contribution in [0.4, 0.5) is 0 Å². The van der Waals surface area contributed by atoms with Crippen LogP contribution in [0.1, 0.15) is 26.0 Å². The van der Waals surface area contributed by atoms with E-state index in [0.29, 0.717) is 13.0 Å². The molecule has 0 saturated carbocycles. The molecule has 1 rings (SSSR count). The molecule has 1 atom stereocenters. The minimum atomic E-state index is -0.921. The van der Waals surface area contributed by atoms with Gasteiger partial charge in [-0.15, -0.1) is 0 Å². The summed E-state index contributed by atoms with van der Waals surface area (Å²) in [6.45, 7) is 5.50. The quantitative estimate of drug-likeness (QED) is 0.725. The van der Waals surface area contributed by atoms with Crippen molar-refractivity contribution in [2.45, 2.75) is 32.2 Å². The van der Waals surface area contributed by atoms with Gasteiger partial charge in [-0.25, -0.2) is 0 Å². The summed E-state index contributed by atoms with van der Waals surface area (Å²) in [7, 11) is 2.02. The van der Waals surface area contributed by atoms with Gasteiger partial charge in [-0.3, -0.25) is 9.78 Å². The van der Waals surface area contributed by atoms with E-state index in [1.54, 1.807) is 20.0 Å². The minimum Gasteiger partial charge on any atom is -0.465 e. The number of aromatic nitrogens is 1. The number of rotatable bonds is 8. The molecule has 0 aliphatic rings. The third kappa shape index (κ3) is 5.67. The number of nitrogens with zero attached hydrogens (tertiary/aromatic N) is 2. The van der Waals surface area contributed by atoms with Gasteiger partial charge in [-0.05, 0) is 39.4 Å². The molecule has 0 bridgehead atoms. The van der Waals surface area contributed by atoms with Crippen molar-refractivity contribution < 1.29 is 9.53 Å². The van der Waals surface area contributed by atoms with Crippen LogP contribution in [0.15, 0.2) is 24.4 Å². The zero-order valence-electron chi connectivity index (χ0n) is 12.6. The largest absolute Gasteiger partial charge is 0.465 e. The van der Waals surface area contributed by atoms with Gasteiger partial charge in [0.2, 0.25) is 0 Å². The maximum Gasteiger partial charge on any atom is 0.325 e. The topological polar surface area (TPSA) is 68.5 Å². The Bertz CT molecular complexity index is 407. The number of carbonyl (C=O) groups excluding carboxylic acids is 1. The number of pyridine rings is 1. The molecule has 5 nitrogen and oxygen atoms in total. The Kier molecular flexibility index (Phi) is 6.61. The van der Waals surface area contributed by atoms with E-state index in [2.05, 4.69) is 9.88 Å². The Labute approximate surface area is 121 Å². The first-order chi connectivity index (χ1) is 9.45. The van der Waals surface area contributed by atoms with Crippen molar-refractivity contribution in [3.63, 3.8) is 0 Å². The molecule has 0 saturated heterocycles. The lowest BCUT2D eigenvalue weighted by Gasteiger charge is -2.25. The Hall–Kier alpha value is -1.46. The molecule has 0 spiro atoms. The van der Waals surface area contributed by atoms with E-state index in [1.165, 1.54) is 0 Å². The molecule has 0 fully saturated rings. The predicted octanol–water partition coefficient (Wildman–Crippen LogP) is 1.23. The van der Waals surface area contributed by atoms with E-state index in [9.17, 15) is 4.79 Å². The summed E-state index contributed by atoms with van der Waals surface area (Å²) < 4.78 is 4.98. The fourth-order valence-electron chi connectivity index (χ4n) is 1.78. The molecular weight excluding hydrogens is 254 g/mol. The number of hydrogen-bond acceptors (Lipinski definition) is 5. The third-order valence-electron chi connectivity index (χ3n) is 3.23. The van der Waals surface area contributed by atoms with Gasteiger partial charge in [-0.2, -0.15) is 0 Å². The number of esters is 1. The van der Waals surface area contributed by atoms with E-state index in [1.807, 2.05) is 25.2 Å². The Morgan fingerprint density at radius 3 is 2.80 bits per heavy atom. The zero-order valence-corrected chi connectivity index (χ0v) is 12.6. The van der Waals surface area contributed by atoms with Crippen LogP contribution in [0.2, 0.25) is 0 Å². The van der Waals surface area contributed by atoms with Gasteiger partial charge in [0.15, 0.2) is 0 Å². The first kappa shape index (κ1) is 16.6. The highest BCUT2D eigenvalue weighted by Gasteiger charge is 2.29. The van der Waals surface area contributed by atoms with Crippen molar-refractivity contribution in [2.75, 3.05) is 26.7 Å². The van der Waals surface area contributed by atoms with Crippen molar-refractivity contribution in [2.24, 2.45) is 5.73 Å². The van der Waals surface area contributed by atoms with Gasteiger partial charge < -0.3 is 15.4 Å². The number of carbonyl (C=O) groups is 1. The first-order valence-electron chi connectivity index (χ1n) is 7.00. The number of likely N-dealkylation sites (N-methyl/N-ethyl adjacent to an activating group) is 1. The van der Waals surface area contributed by atoms with Crippen LogP contribution >= 0.6 is 0 Å². The van der Waals surface area contributed by atoms with Gasteiger partial charge in [0.1, 0.15) is 5.54 Å². The highest BCUT2D eigenvalue weighted by molar-refractivity contribution is 5.79. The minimum absolute atomic E-state index is 0.335. The van der Waals surface area contributed by atoms with Gasteiger partial charge in [-0.1, -0.05) is 6.07 Å². The molecule has 0 aromatic carbocycles. The SMILES string of the molecule is CCOC(=O)C(C)(N)CCN(C)CCc1ccccn1. The lowest BCUT2D eigenvalue weighted by atomic mass is 9.99. The van der Waals surface area contributed by atoms with Crippen molar-refractivity contribution in [1.82, 2.24) is 9.88 Å². The van der Waals surface area contributed by atoms with Crippen LogP contribution in [-0.4, -0.2) is 48.1 Å². The number of hydrogen-bond donors (Lipinski definition) is 1. The van der Waals surface area contributed by atoms with Crippen molar-refractivity contribution in [3.8, 4) is 0 Å². The van der Waals surface area contributed by atoms with Gasteiger partial charge in [0, 0.05) is 31.4 Å². The average Bonchev–Trinajstić information content (AvgIpc) is 2.44. The summed E-state index contributed by atoms with van der Waals surface area (Å²) in [5.74, 6) is -0.335. The monoisotopic (exact) mass is 279 g/mol. The Morgan fingerprint density at radius 2 is 2.20 bits per heavy atom. The standard InChI is InChI=1S/C15H25N3O2/c1-4-20-14(19)15(2,16)9-12-18(3)11-8-13-7-5-6-10-17-13/h5-7,10H,4,8-9,11-12,16H2,1-3H3. The Balaban J connectivity index is 2.32. The highest BCUT2D eigenvalue weighted by Crippen LogP contribution is 2.09. The summed E-state index contributed by atoms with van der Waals surface area (Å²) in [4.78, 5) is 18.1. The lowest BCUT2D eigenvalue weighted by Crippen LogP contribution is -2.48. The number of nitrogens with two attached hydrogens (primary N) is 1. The smallest absolute Gasteiger partial charge is 0.325 e. The van der Waals surface area contributed by atoms with Gasteiger partial charge in [0.25, 0.3) is 0 Å². The fraction of sp³-hybridized carbons (Fsp3) is 0.600. The van der Waals surface area contributed by atoms with Crippen molar-refractivity contribution >= 4 is 5.97 Å². The van der Waals surface area contributed by atoms with Crippen LogP contribution in [0.5, 0.6) is 0 Å². The van der Waals surface area contributed by atoms with Crippen LogP contribution in [0.3, 0.4) is 0 Å². The molecule has 1 unspecified atom stereocenters. The molecule has 0 radical (unpaired) electrons. The fourth-order valence-corrected chi connectivity index (χ4v) is 1.78. The lowest BCUT2D eigenvalue weighted by molar-refractivity contribution is -0.149. The molecule has 1 aromatic rings. The van der Waals surface area contributed by atoms with Crippen LogP contribution in [-0.2, 0) is 16.0 Å². The highest BCUT2D eigenvalue weighted by atomic mass is 16.5. The summed E-state index contributed by atoms with van der Waals surface area (Å²) in [5, 5.41) is 0. The second-order valence-electron chi connectivity index (χ2n) is 5.26. The van der Waals surface area contributed by atoms with E-state index < -0.39 is 5.54 Å². The molecule has 0 aliphatic carbocycles. The summed E-state index contributed by atoms with van der Waals surface area (Å²) >= 11 is 0. The zero-order chi connectivity index (χ0) is 15.0. The Morgan fingerprint density at radius 1 is 1.45 bits per heavy atom. The summed E-state index contributed by atoms with van der Waals surface area (Å²) in [6, 6.07) is 5.91. The molecule has 1 aromatic heterocycles. The third-order valence-corrected chi connectivity index (χ3v) is 3.23. The molecule has 5 heteroatoms. The molecule has 0 aliphatic heterocycles. The van der Waals surface area contributed by atoms with E-state index in [0.717, 1.165) is 25.2 Å². The summed E-state index contributed by atoms with van der Waals surface area (Å²) in [5.41, 5.74) is 6.14. The average molecular weight is 279 g/mol. The van der Waals surface area contributed by atoms with Crippen LogP contribution in [0.25, 0.3) is 0 Å². The predicted molar refractivity (Wildman–Crippen MR) is 79.3 cm³/mol. The van der Waals surface area contributed by atoms with Crippen molar-refractivity contribution in [1.29, 1.82) is 0 Å². The van der Waals surface area contributed by atoms with Gasteiger partial charge >= 0.3 is 5.97 Å². The van der Waals surface area contributed by atoms with E-state index >= 15 is 0 Å². The second kappa shape index (κ2) is 7.97. The van der Waals surface area contributed by atoms with Crippen LogP contribution < -0.4 is 5.73 Å². The van der Waals surface area contributed by atoms with Gasteiger partial charge in [0.05, 0.1) is 6.61 Å². The maximum atomic E-state index is 11.7. The molecule has 2 N–H and O–H groups in total. The maximum absolute atomic E-state index is 11.7. The molecule has 20 heavy (non-hydrogen) atoms. The molecule has 112 valence electrons. The first-order valence-corrected chi connectivity index (χ1v) is 7.00. The normalized spacial score (nSPS) is 14.1. The van der Waals surface area contributed by atoms with Crippen molar-refractivity contribution in [3.05, 3.63) is 30.1 Å². The van der Waals surface area contributed by atoms with E-state index in [4.69, 9.17) is 10.5 Å². The molecule has 0 amide bonds. The van der Waals surface area contributed by atoms with Crippen LogP contribution in [0, 0.1) is 0 Å². The molecule has 1 heterocycles. The second-order valence-corrected chi connectivity index (χ2v) is 5.26.